The first-order chi connectivity index (χ1) is 14.3. The van der Waals surface area contributed by atoms with Crippen LogP contribution < -0.4 is 0 Å². The number of hydrogen-bond acceptors (Lipinski definition) is 2. The zero-order chi connectivity index (χ0) is 22.3. The number of carbonyl (C=O) groups excluding carboxylic acids is 1. The Kier molecular flexibility index (Phi) is 8.83. The molecule has 0 amide bonds. The molecule has 0 aliphatic carbocycles. The number of rotatable bonds is 11. The van der Waals surface area contributed by atoms with E-state index in [0.717, 1.165) is 49.8 Å². The highest BCUT2D eigenvalue weighted by Gasteiger charge is 2.16. The Bertz CT molecular complexity index is 915. The van der Waals surface area contributed by atoms with E-state index in [1.54, 1.807) is 0 Å². The second-order valence-corrected chi connectivity index (χ2v) is 8.51. The van der Waals surface area contributed by atoms with Gasteiger partial charge < -0.3 is 0 Å². The summed E-state index contributed by atoms with van der Waals surface area (Å²) in [5.41, 5.74) is 8.07. The molecule has 0 radical (unpaired) electrons. The molecule has 2 rings (SSSR count). The third-order valence-corrected chi connectivity index (χ3v) is 5.52. The van der Waals surface area contributed by atoms with Crippen LogP contribution in [0.1, 0.15) is 93.5 Å². The molecular formula is C27H38N2O. The van der Waals surface area contributed by atoms with Crippen LogP contribution in [0.4, 0.5) is 0 Å². The lowest BCUT2D eigenvalue weighted by molar-refractivity contribution is 0.0938. The van der Waals surface area contributed by atoms with E-state index in [2.05, 4.69) is 57.2 Å². The fourth-order valence-electron chi connectivity index (χ4n) is 3.92. The summed E-state index contributed by atoms with van der Waals surface area (Å²) in [5, 5.41) is 4.72. The molecular weight excluding hydrogens is 368 g/mol. The van der Waals surface area contributed by atoms with Crippen LogP contribution in [0.2, 0.25) is 0 Å². The molecule has 0 saturated carbocycles. The molecule has 0 saturated heterocycles. The fraction of sp³-hybridized carbons (Fsp3) is 0.481. The summed E-state index contributed by atoms with van der Waals surface area (Å²) >= 11 is 0. The fourth-order valence-corrected chi connectivity index (χ4v) is 3.92. The Hall–Kier alpha value is -2.42. The Balaban J connectivity index is 2.36. The summed E-state index contributed by atoms with van der Waals surface area (Å²) in [7, 11) is 0. The molecule has 0 aliphatic heterocycles. The van der Waals surface area contributed by atoms with Crippen molar-refractivity contribution in [2.45, 2.75) is 80.2 Å². The van der Waals surface area contributed by atoms with E-state index >= 15 is 0 Å². The molecule has 0 spiro atoms. The topological polar surface area (TPSA) is 34.9 Å². The Labute approximate surface area is 182 Å². The zero-order valence-electron chi connectivity index (χ0n) is 19.7. The highest BCUT2D eigenvalue weighted by molar-refractivity contribution is 5.98. The van der Waals surface area contributed by atoms with E-state index in [-0.39, 0.29) is 11.7 Å². The van der Waals surface area contributed by atoms with Crippen molar-refractivity contribution >= 4 is 11.4 Å². The number of ketones is 1. The number of aromatic nitrogens is 2. The maximum atomic E-state index is 12.5. The van der Waals surface area contributed by atoms with Gasteiger partial charge in [0.05, 0.1) is 12.7 Å². The van der Waals surface area contributed by atoms with Crippen LogP contribution in [-0.2, 0) is 19.4 Å². The summed E-state index contributed by atoms with van der Waals surface area (Å²) in [6.07, 6.45) is 9.25. The molecule has 1 heterocycles. The van der Waals surface area contributed by atoms with E-state index in [1.807, 2.05) is 26.1 Å². The van der Waals surface area contributed by atoms with Crippen LogP contribution in [-0.4, -0.2) is 15.6 Å². The lowest BCUT2D eigenvalue weighted by atomic mass is 9.93. The standard InChI is InChI=1S/C27H38N2O/c1-8-11-20(6)15-21(7)25-17-28-29(26(25)12-9-2)18-22-13-14-24(23(10-3)16-22)27(30)19(4)5/h13-17,19H,6,8-12,18H2,1-5,7H3/b21-15-. The van der Waals surface area contributed by atoms with E-state index in [1.165, 1.54) is 28.0 Å². The van der Waals surface area contributed by atoms with Crippen molar-refractivity contribution in [3.8, 4) is 0 Å². The summed E-state index contributed by atoms with van der Waals surface area (Å²) in [6.45, 7) is 17.5. The third kappa shape index (κ3) is 5.81. The van der Waals surface area contributed by atoms with Crippen molar-refractivity contribution in [3.63, 3.8) is 0 Å². The van der Waals surface area contributed by atoms with Crippen molar-refractivity contribution in [1.82, 2.24) is 9.78 Å². The second-order valence-electron chi connectivity index (χ2n) is 8.51. The van der Waals surface area contributed by atoms with Gasteiger partial charge in [-0.15, -0.1) is 0 Å². The number of aryl methyl sites for hydroxylation is 1. The van der Waals surface area contributed by atoms with Crippen molar-refractivity contribution in [3.05, 3.63) is 70.6 Å². The van der Waals surface area contributed by atoms with Crippen LogP contribution in [0, 0.1) is 5.92 Å². The van der Waals surface area contributed by atoms with Crippen LogP contribution in [0.15, 0.2) is 42.6 Å². The minimum Gasteiger partial charge on any atom is -0.294 e. The molecule has 30 heavy (non-hydrogen) atoms. The highest BCUT2D eigenvalue weighted by atomic mass is 16.1. The Morgan fingerprint density at radius 1 is 1.17 bits per heavy atom. The summed E-state index contributed by atoms with van der Waals surface area (Å²) in [5.74, 6) is 0.239. The molecule has 162 valence electrons. The number of allylic oxidation sites excluding steroid dienone is 3. The average molecular weight is 407 g/mol. The summed E-state index contributed by atoms with van der Waals surface area (Å²) < 4.78 is 2.12. The Morgan fingerprint density at radius 3 is 2.50 bits per heavy atom. The van der Waals surface area contributed by atoms with Crippen molar-refractivity contribution in [2.24, 2.45) is 5.92 Å². The Morgan fingerprint density at radius 2 is 1.90 bits per heavy atom. The molecule has 1 aromatic carbocycles. The molecule has 3 nitrogen and oxygen atoms in total. The van der Waals surface area contributed by atoms with Gasteiger partial charge in [0, 0.05) is 22.7 Å². The summed E-state index contributed by atoms with van der Waals surface area (Å²) in [4.78, 5) is 12.5. The number of benzene rings is 1. The van der Waals surface area contributed by atoms with E-state index < -0.39 is 0 Å². The predicted octanol–water partition coefficient (Wildman–Crippen LogP) is 7.04. The van der Waals surface area contributed by atoms with Gasteiger partial charge in [0.15, 0.2) is 5.78 Å². The van der Waals surface area contributed by atoms with Gasteiger partial charge >= 0.3 is 0 Å². The number of Topliss-reactive ketones (excluding diaryl/α,β-unsaturated/α-hetero) is 1. The van der Waals surface area contributed by atoms with Gasteiger partial charge in [-0.25, -0.2) is 0 Å². The van der Waals surface area contributed by atoms with Gasteiger partial charge in [0.25, 0.3) is 0 Å². The molecule has 0 fully saturated rings. The van der Waals surface area contributed by atoms with Crippen molar-refractivity contribution in [1.29, 1.82) is 0 Å². The largest absolute Gasteiger partial charge is 0.294 e. The summed E-state index contributed by atoms with van der Waals surface area (Å²) in [6, 6.07) is 6.26. The molecule has 0 aliphatic rings. The molecule has 1 aromatic heterocycles. The monoisotopic (exact) mass is 406 g/mol. The van der Waals surface area contributed by atoms with E-state index in [9.17, 15) is 4.79 Å². The quantitative estimate of drug-likeness (QED) is 0.296. The molecule has 0 bridgehead atoms. The first kappa shape index (κ1) is 23.9. The molecule has 0 unspecified atom stereocenters. The third-order valence-electron chi connectivity index (χ3n) is 5.52. The van der Waals surface area contributed by atoms with Gasteiger partial charge in [-0.2, -0.15) is 5.10 Å². The first-order valence-electron chi connectivity index (χ1n) is 11.4. The number of hydrogen-bond donors (Lipinski definition) is 0. The minimum atomic E-state index is 0.0169. The van der Waals surface area contributed by atoms with Crippen LogP contribution in [0.25, 0.3) is 5.57 Å². The van der Waals surface area contributed by atoms with Crippen LogP contribution in [0.5, 0.6) is 0 Å². The number of carbonyl (C=O) groups is 1. The van der Waals surface area contributed by atoms with Gasteiger partial charge in [-0.3, -0.25) is 9.48 Å². The predicted molar refractivity (Wildman–Crippen MR) is 128 cm³/mol. The maximum Gasteiger partial charge on any atom is 0.165 e. The minimum absolute atomic E-state index is 0.0169. The van der Waals surface area contributed by atoms with Crippen LogP contribution >= 0.6 is 0 Å². The normalized spacial score (nSPS) is 11.9. The average Bonchev–Trinajstić information content (AvgIpc) is 3.10. The van der Waals surface area contributed by atoms with Crippen molar-refractivity contribution < 1.29 is 4.79 Å². The van der Waals surface area contributed by atoms with Gasteiger partial charge in [-0.1, -0.05) is 83.9 Å². The smallest absolute Gasteiger partial charge is 0.165 e. The van der Waals surface area contributed by atoms with Crippen LogP contribution in [0.3, 0.4) is 0 Å². The molecule has 3 heteroatoms. The zero-order valence-corrected chi connectivity index (χ0v) is 19.7. The van der Waals surface area contributed by atoms with E-state index in [4.69, 9.17) is 5.10 Å². The molecule has 2 aromatic rings. The molecule has 0 N–H and O–H groups in total. The molecule has 0 atom stereocenters. The van der Waals surface area contributed by atoms with Gasteiger partial charge in [0.2, 0.25) is 0 Å². The SMILES string of the molecule is C=C(/C=C(/C)c1cnn(Cc2ccc(C(=O)C(C)C)c(CC)c2)c1CCC)CCC. The second kappa shape index (κ2) is 11.1. The lowest BCUT2D eigenvalue weighted by Gasteiger charge is -2.14. The maximum absolute atomic E-state index is 12.5. The van der Waals surface area contributed by atoms with Gasteiger partial charge in [0.1, 0.15) is 0 Å². The van der Waals surface area contributed by atoms with Gasteiger partial charge in [-0.05, 0) is 42.9 Å². The van der Waals surface area contributed by atoms with E-state index in [0.29, 0.717) is 0 Å². The number of nitrogens with zero attached hydrogens (tertiary/aromatic N) is 2. The first-order valence-corrected chi connectivity index (χ1v) is 11.4. The highest BCUT2D eigenvalue weighted by Crippen LogP contribution is 2.24. The lowest BCUT2D eigenvalue weighted by Crippen LogP contribution is -2.12. The van der Waals surface area contributed by atoms with Crippen molar-refractivity contribution in [2.75, 3.05) is 0 Å².